The van der Waals surface area contributed by atoms with Gasteiger partial charge in [0.1, 0.15) is 5.82 Å². The Kier molecular flexibility index (Phi) is 3.33. The highest BCUT2D eigenvalue weighted by molar-refractivity contribution is 5.37. The van der Waals surface area contributed by atoms with Gasteiger partial charge in [-0.2, -0.15) is 0 Å². The topological polar surface area (TPSA) is 50.9 Å². The molecule has 0 aromatic carbocycles. The fraction of sp³-hybridized carbons (Fsp3) is 0.545. The van der Waals surface area contributed by atoms with E-state index >= 15 is 0 Å². The molecule has 0 amide bonds. The lowest BCUT2D eigenvalue weighted by Gasteiger charge is -2.29. The second-order valence-corrected chi connectivity index (χ2v) is 4.18. The number of nitrogens with one attached hydrogen (secondary N) is 1. The molecule has 3 N–H and O–H groups in total. The van der Waals surface area contributed by atoms with Gasteiger partial charge in [-0.05, 0) is 12.8 Å². The van der Waals surface area contributed by atoms with E-state index in [-0.39, 0.29) is 17.9 Å². The van der Waals surface area contributed by atoms with E-state index in [1.54, 1.807) is 0 Å². The summed E-state index contributed by atoms with van der Waals surface area (Å²) in [7, 11) is 0. The Morgan fingerprint density at radius 2 is 2.06 bits per heavy atom. The molecular weight excluding hydrogens is 212 g/mol. The molecule has 1 aliphatic rings. The van der Waals surface area contributed by atoms with Gasteiger partial charge in [-0.15, -0.1) is 0 Å². The van der Waals surface area contributed by atoms with Crippen LogP contribution in [0, 0.1) is 11.6 Å². The molecule has 0 saturated heterocycles. The maximum Gasteiger partial charge on any atom is 0.168 e. The van der Waals surface area contributed by atoms with Crippen molar-refractivity contribution in [1.82, 2.24) is 4.98 Å². The summed E-state index contributed by atoms with van der Waals surface area (Å²) in [5.74, 6) is -1.25. The lowest BCUT2D eigenvalue weighted by atomic mass is 9.91. The van der Waals surface area contributed by atoms with Crippen molar-refractivity contribution in [3.8, 4) is 0 Å². The number of hydrogen-bond donors (Lipinski definition) is 2. The minimum Gasteiger partial charge on any atom is -0.363 e. The van der Waals surface area contributed by atoms with Crippen molar-refractivity contribution in [1.29, 1.82) is 0 Å². The van der Waals surface area contributed by atoms with E-state index in [0.29, 0.717) is 0 Å². The van der Waals surface area contributed by atoms with Gasteiger partial charge < -0.3 is 11.1 Å². The van der Waals surface area contributed by atoms with E-state index in [1.807, 2.05) is 0 Å². The van der Waals surface area contributed by atoms with Crippen molar-refractivity contribution in [3.63, 3.8) is 0 Å². The van der Waals surface area contributed by atoms with E-state index in [2.05, 4.69) is 10.3 Å². The molecule has 2 rings (SSSR count). The molecule has 0 bridgehead atoms. The third-order valence-electron chi connectivity index (χ3n) is 2.95. The Balaban J connectivity index is 2.07. The van der Waals surface area contributed by atoms with Gasteiger partial charge in [-0.3, -0.25) is 0 Å². The SMILES string of the molecule is N[C@@H]1CCCC[C@H]1Nc1ncc(F)cc1F. The van der Waals surface area contributed by atoms with E-state index in [1.165, 1.54) is 0 Å². The smallest absolute Gasteiger partial charge is 0.168 e. The van der Waals surface area contributed by atoms with E-state index < -0.39 is 11.6 Å². The lowest BCUT2D eigenvalue weighted by Crippen LogP contribution is -2.42. The van der Waals surface area contributed by atoms with Crippen LogP contribution >= 0.6 is 0 Å². The second kappa shape index (κ2) is 4.74. The van der Waals surface area contributed by atoms with Crippen molar-refractivity contribution in [2.75, 3.05) is 5.32 Å². The molecule has 0 radical (unpaired) electrons. The fourth-order valence-corrected chi connectivity index (χ4v) is 2.04. The molecule has 1 aromatic heterocycles. The first-order valence-corrected chi connectivity index (χ1v) is 5.50. The zero-order valence-corrected chi connectivity index (χ0v) is 8.92. The van der Waals surface area contributed by atoms with Crippen molar-refractivity contribution in [3.05, 3.63) is 23.9 Å². The summed E-state index contributed by atoms with van der Waals surface area (Å²) in [5.41, 5.74) is 5.92. The molecule has 0 aliphatic heterocycles. The summed E-state index contributed by atoms with van der Waals surface area (Å²) in [6.07, 6.45) is 5.02. The highest BCUT2D eigenvalue weighted by atomic mass is 19.1. The zero-order chi connectivity index (χ0) is 11.5. The number of anilines is 1. The summed E-state index contributed by atoms with van der Waals surface area (Å²) in [6, 6.07) is 0.866. The first-order valence-electron chi connectivity index (χ1n) is 5.50. The van der Waals surface area contributed by atoms with Crippen LogP contribution in [0.5, 0.6) is 0 Å². The Morgan fingerprint density at radius 3 is 2.75 bits per heavy atom. The van der Waals surface area contributed by atoms with E-state index in [4.69, 9.17) is 5.73 Å². The third-order valence-corrected chi connectivity index (χ3v) is 2.95. The van der Waals surface area contributed by atoms with E-state index in [0.717, 1.165) is 37.9 Å². The zero-order valence-electron chi connectivity index (χ0n) is 8.92. The quantitative estimate of drug-likeness (QED) is 0.813. The molecule has 1 aliphatic carbocycles. The number of aromatic nitrogens is 1. The number of hydrogen-bond acceptors (Lipinski definition) is 3. The Hall–Kier alpha value is -1.23. The molecule has 5 heteroatoms. The third kappa shape index (κ3) is 2.47. The minimum atomic E-state index is -0.670. The van der Waals surface area contributed by atoms with Crippen molar-refractivity contribution < 1.29 is 8.78 Å². The summed E-state index contributed by atoms with van der Waals surface area (Å²) < 4.78 is 26.0. The number of nitrogens with two attached hydrogens (primary N) is 1. The molecule has 16 heavy (non-hydrogen) atoms. The van der Waals surface area contributed by atoms with Crippen LogP contribution in [0.4, 0.5) is 14.6 Å². The average Bonchev–Trinajstić information content (AvgIpc) is 2.25. The second-order valence-electron chi connectivity index (χ2n) is 4.18. The number of halogens is 2. The van der Waals surface area contributed by atoms with Gasteiger partial charge in [0.25, 0.3) is 0 Å². The molecule has 2 atom stereocenters. The van der Waals surface area contributed by atoms with Crippen LogP contribution in [0.3, 0.4) is 0 Å². The standard InChI is InChI=1S/C11H15F2N3/c12-7-5-8(13)11(15-6-7)16-10-4-2-1-3-9(10)14/h5-6,9-10H,1-4,14H2,(H,15,16)/t9-,10-/m1/s1. The predicted octanol–water partition coefficient (Wildman–Crippen LogP) is 2.04. The maximum atomic E-state index is 13.3. The average molecular weight is 227 g/mol. The Morgan fingerprint density at radius 1 is 1.31 bits per heavy atom. The lowest BCUT2D eigenvalue weighted by molar-refractivity contribution is 0.401. The fourth-order valence-electron chi connectivity index (χ4n) is 2.04. The van der Waals surface area contributed by atoms with Crippen LogP contribution in [0.1, 0.15) is 25.7 Å². The van der Waals surface area contributed by atoms with Crippen LogP contribution in [0.2, 0.25) is 0 Å². The first-order chi connectivity index (χ1) is 7.66. The molecule has 3 nitrogen and oxygen atoms in total. The summed E-state index contributed by atoms with van der Waals surface area (Å²) >= 11 is 0. The predicted molar refractivity (Wildman–Crippen MR) is 58.0 cm³/mol. The number of pyridine rings is 1. The summed E-state index contributed by atoms with van der Waals surface area (Å²) in [6.45, 7) is 0. The van der Waals surface area contributed by atoms with Crippen LogP contribution in [0.15, 0.2) is 12.3 Å². The number of nitrogens with zero attached hydrogens (tertiary/aromatic N) is 1. The monoisotopic (exact) mass is 227 g/mol. The molecule has 0 spiro atoms. The van der Waals surface area contributed by atoms with Crippen molar-refractivity contribution in [2.24, 2.45) is 5.73 Å². The van der Waals surface area contributed by atoms with Crippen LogP contribution in [0.25, 0.3) is 0 Å². The van der Waals surface area contributed by atoms with Crippen molar-refractivity contribution >= 4 is 5.82 Å². The summed E-state index contributed by atoms with van der Waals surface area (Å²) in [4.78, 5) is 3.69. The molecule has 1 heterocycles. The first kappa shape index (κ1) is 11.3. The molecular formula is C11H15F2N3. The van der Waals surface area contributed by atoms with Gasteiger partial charge in [0.2, 0.25) is 0 Å². The Labute approximate surface area is 93.1 Å². The highest BCUT2D eigenvalue weighted by Gasteiger charge is 2.22. The molecule has 1 saturated carbocycles. The number of rotatable bonds is 2. The van der Waals surface area contributed by atoms with Gasteiger partial charge in [0, 0.05) is 18.2 Å². The largest absolute Gasteiger partial charge is 0.363 e. The maximum absolute atomic E-state index is 13.3. The molecule has 1 aromatic rings. The molecule has 88 valence electrons. The Bertz CT molecular complexity index is 370. The van der Waals surface area contributed by atoms with Crippen LogP contribution in [-0.4, -0.2) is 17.1 Å². The van der Waals surface area contributed by atoms with E-state index in [9.17, 15) is 8.78 Å². The molecule has 0 unspecified atom stereocenters. The van der Waals surface area contributed by atoms with Crippen LogP contribution in [-0.2, 0) is 0 Å². The van der Waals surface area contributed by atoms with Gasteiger partial charge in [-0.1, -0.05) is 12.8 Å². The van der Waals surface area contributed by atoms with Gasteiger partial charge in [0.05, 0.1) is 6.20 Å². The summed E-state index contributed by atoms with van der Waals surface area (Å²) in [5, 5.41) is 2.95. The van der Waals surface area contributed by atoms with Crippen LogP contribution < -0.4 is 11.1 Å². The van der Waals surface area contributed by atoms with Gasteiger partial charge in [0.15, 0.2) is 11.6 Å². The normalized spacial score (nSPS) is 25.4. The van der Waals surface area contributed by atoms with Crippen molar-refractivity contribution in [2.45, 2.75) is 37.8 Å². The molecule has 1 fully saturated rings. The minimum absolute atomic E-state index is 0.0139. The van der Waals surface area contributed by atoms with Gasteiger partial charge >= 0.3 is 0 Å². The van der Waals surface area contributed by atoms with Gasteiger partial charge in [-0.25, -0.2) is 13.8 Å². The highest BCUT2D eigenvalue weighted by Crippen LogP contribution is 2.21.